The number of rotatable bonds is 4. The Morgan fingerprint density at radius 1 is 1.33 bits per heavy atom. The van der Waals surface area contributed by atoms with Gasteiger partial charge in [0.15, 0.2) is 5.82 Å². The Hall–Kier alpha value is -2.96. The van der Waals surface area contributed by atoms with Gasteiger partial charge in [-0.15, -0.1) is 0 Å². The second-order valence-electron chi connectivity index (χ2n) is 4.38. The molecule has 3 rings (SSSR count). The minimum Gasteiger partial charge on any atom is -0.359 e. The molecule has 1 aromatic carbocycles. The molecule has 2 heterocycles. The SMILES string of the molecule is CNC(=O)Cc1noc(-c2ccc(-n3ccnc3)cc2)n1. The van der Waals surface area contributed by atoms with Gasteiger partial charge in [-0.25, -0.2) is 4.98 Å². The van der Waals surface area contributed by atoms with Crippen LogP contribution in [-0.4, -0.2) is 32.6 Å². The molecule has 0 aliphatic rings. The Morgan fingerprint density at radius 2 is 2.14 bits per heavy atom. The van der Waals surface area contributed by atoms with Gasteiger partial charge in [0.05, 0.1) is 12.7 Å². The summed E-state index contributed by atoms with van der Waals surface area (Å²) in [7, 11) is 1.57. The zero-order valence-corrected chi connectivity index (χ0v) is 11.4. The first-order chi connectivity index (χ1) is 10.3. The first-order valence-electron chi connectivity index (χ1n) is 6.38. The van der Waals surface area contributed by atoms with E-state index in [1.165, 1.54) is 0 Å². The van der Waals surface area contributed by atoms with Crippen molar-refractivity contribution < 1.29 is 9.32 Å². The van der Waals surface area contributed by atoms with Crippen molar-refractivity contribution in [1.29, 1.82) is 0 Å². The molecule has 21 heavy (non-hydrogen) atoms. The van der Waals surface area contributed by atoms with E-state index < -0.39 is 0 Å². The summed E-state index contributed by atoms with van der Waals surface area (Å²) in [6.07, 6.45) is 5.41. The molecule has 0 atom stereocenters. The molecule has 0 unspecified atom stereocenters. The standard InChI is InChI=1S/C14H13N5O2/c1-15-13(20)8-12-17-14(21-18-12)10-2-4-11(5-3-10)19-7-6-16-9-19/h2-7,9H,8H2,1H3,(H,15,20). The van der Waals surface area contributed by atoms with Crippen LogP contribution in [0.15, 0.2) is 47.5 Å². The van der Waals surface area contributed by atoms with E-state index in [-0.39, 0.29) is 12.3 Å². The van der Waals surface area contributed by atoms with Crippen LogP contribution >= 0.6 is 0 Å². The Balaban J connectivity index is 1.79. The first-order valence-corrected chi connectivity index (χ1v) is 6.38. The Bertz CT molecular complexity index is 731. The van der Waals surface area contributed by atoms with E-state index in [0.717, 1.165) is 11.3 Å². The van der Waals surface area contributed by atoms with E-state index in [1.54, 1.807) is 19.6 Å². The van der Waals surface area contributed by atoms with E-state index >= 15 is 0 Å². The molecule has 7 nitrogen and oxygen atoms in total. The molecule has 0 aliphatic heterocycles. The monoisotopic (exact) mass is 283 g/mol. The minimum atomic E-state index is -0.155. The highest BCUT2D eigenvalue weighted by molar-refractivity contribution is 5.77. The van der Waals surface area contributed by atoms with Crippen LogP contribution in [0.1, 0.15) is 5.82 Å². The number of imidazole rings is 1. The lowest BCUT2D eigenvalue weighted by Gasteiger charge is -2.01. The highest BCUT2D eigenvalue weighted by Crippen LogP contribution is 2.19. The quantitative estimate of drug-likeness (QED) is 0.777. The molecule has 0 bridgehead atoms. The molecule has 7 heteroatoms. The molecule has 0 aliphatic carbocycles. The lowest BCUT2D eigenvalue weighted by atomic mass is 10.2. The molecular formula is C14H13N5O2. The Labute approximate surface area is 120 Å². The van der Waals surface area contributed by atoms with Crippen molar-refractivity contribution in [3.63, 3.8) is 0 Å². The topological polar surface area (TPSA) is 85.8 Å². The van der Waals surface area contributed by atoms with Gasteiger partial charge in [-0.1, -0.05) is 5.16 Å². The molecule has 0 fully saturated rings. The highest BCUT2D eigenvalue weighted by atomic mass is 16.5. The molecule has 0 spiro atoms. The zero-order valence-electron chi connectivity index (χ0n) is 11.4. The van der Waals surface area contributed by atoms with Crippen LogP contribution in [-0.2, 0) is 11.2 Å². The molecule has 0 radical (unpaired) electrons. The smallest absolute Gasteiger partial charge is 0.257 e. The third kappa shape index (κ3) is 2.81. The zero-order chi connectivity index (χ0) is 14.7. The van der Waals surface area contributed by atoms with Gasteiger partial charge in [0.25, 0.3) is 5.89 Å². The van der Waals surface area contributed by atoms with Crippen molar-refractivity contribution in [3.05, 3.63) is 48.8 Å². The van der Waals surface area contributed by atoms with E-state index in [2.05, 4.69) is 20.4 Å². The van der Waals surface area contributed by atoms with Gasteiger partial charge in [0.1, 0.15) is 0 Å². The van der Waals surface area contributed by atoms with Gasteiger partial charge in [-0.3, -0.25) is 4.79 Å². The molecule has 0 saturated heterocycles. The van der Waals surface area contributed by atoms with Crippen LogP contribution in [0.25, 0.3) is 17.1 Å². The number of nitrogens with zero attached hydrogens (tertiary/aromatic N) is 4. The fourth-order valence-corrected chi connectivity index (χ4v) is 1.86. The van der Waals surface area contributed by atoms with Crippen molar-refractivity contribution in [3.8, 4) is 17.1 Å². The highest BCUT2D eigenvalue weighted by Gasteiger charge is 2.11. The number of hydrogen-bond acceptors (Lipinski definition) is 5. The summed E-state index contributed by atoms with van der Waals surface area (Å²) < 4.78 is 7.06. The van der Waals surface area contributed by atoms with Gasteiger partial charge in [-0.2, -0.15) is 4.98 Å². The normalized spacial score (nSPS) is 10.5. The maximum Gasteiger partial charge on any atom is 0.257 e. The molecule has 3 aromatic rings. The van der Waals surface area contributed by atoms with Gasteiger partial charge >= 0.3 is 0 Å². The van der Waals surface area contributed by atoms with Crippen LogP contribution < -0.4 is 5.32 Å². The van der Waals surface area contributed by atoms with Crippen molar-refractivity contribution in [2.75, 3.05) is 7.05 Å². The molecule has 0 saturated carbocycles. The van der Waals surface area contributed by atoms with Crippen LogP contribution in [0.4, 0.5) is 0 Å². The third-order valence-electron chi connectivity index (χ3n) is 2.98. The summed E-state index contributed by atoms with van der Waals surface area (Å²) in [4.78, 5) is 19.5. The molecule has 106 valence electrons. The largest absolute Gasteiger partial charge is 0.359 e. The first kappa shape index (κ1) is 13.0. The molecule has 2 aromatic heterocycles. The second kappa shape index (κ2) is 5.58. The Kier molecular flexibility index (Phi) is 3.46. The predicted octanol–water partition coefficient (Wildman–Crippen LogP) is 1.21. The minimum absolute atomic E-state index is 0.104. The summed E-state index contributed by atoms with van der Waals surface area (Å²) in [5.74, 6) is 0.604. The summed E-state index contributed by atoms with van der Waals surface area (Å²) >= 11 is 0. The number of benzene rings is 1. The van der Waals surface area contributed by atoms with E-state index in [4.69, 9.17) is 4.52 Å². The number of amides is 1. The predicted molar refractivity (Wildman–Crippen MR) is 74.6 cm³/mol. The maximum atomic E-state index is 11.3. The fraction of sp³-hybridized carbons (Fsp3) is 0.143. The van der Waals surface area contributed by atoms with Gasteiger partial charge in [0.2, 0.25) is 5.91 Å². The van der Waals surface area contributed by atoms with E-state index in [0.29, 0.717) is 11.7 Å². The number of aromatic nitrogens is 4. The number of carbonyl (C=O) groups is 1. The van der Waals surface area contributed by atoms with Crippen LogP contribution in [0.5, 0.6) is 0 Å². The number of nitrogens with one attached hydrogen (secondary N) is 1. The summed E-state index contributed by atoms with van der Waals surface area (Å²) in [5.41, 5.74) is 1.79. The molecule has 1 amide bonds. The van der Waals surface area contributed by atoms with E-state index in [9.17, 15) is 4.79 Å². The molecular weight excluding hydrogens is 270 g/mol. The number of carbonyl (C=O) groups excluding carboxylic acids is 1. The van der Waals surface area contributed by atoms with Gasteiger partial charge in [0, 0.05) is 30.7 Å². The fourth-order valence-electron chi connectivity index (χ4n) is 1.86. The van der Waals surface area contributed by atoms with Crippen molar-refractivity contribution >= 4 is 5.91 Å². The van der Waals surface area contributed by atoms with Crippen molar-refractivity contribution in [2.24, 2.45) is 0 Å². The lowest BCUT2D eigenvalue weighted by Crippen LogP contribution is -2.20. The summed E-state index contributed by atoms with van der Waals surface area (Å²) in [6, 6.07) is 7.62. The third-order valence-corrected chi connectivity index (χ3v) is 2.98. The maximum absolute atomic E-state index is 11.3. The lowest BCUT2D eigenvalue weighted by molar-refractivity contribution is -0.120. The average Bonchev–Trinajstić information content (AvgIpc) is 3.19. The summed E-state index contributed by atoms with van der Waals surface area (Å²) in [5, 5.41) is 6.31. The van der Waals surface area contributed by atoms with Crippen LogP contribution in [0.2, 0.25) is 0 Å². The van der Waals surface area contributed by atoms with Crippen molar-refractivity contribution in [2.45, 2.75) is 6.42 Å². The molecule has 1 N–H and O–H groups in total. The van der Waals surface area contributed by atoms with Crippen molar-refractivity contribution in [1.82, 2.24) is 25.0 Å². The second-order valence-corrected chi connectivity index (χ2v) is 4.38. The summed E-state index contributed by atoms with van der Waals surface area (Å²) in [6.45, 7) is 0. The van der Waals surface area contributed by atoms with Gasteiger partial charge < -0.3 is 14.4 Å². The number of likely N-dealkylation sites (N-methyl/N-ethyl adjacent to an activating group) is 1. The van der Waals surface area contributed by atoms with Crippen LogP contribution in [0.3, 0.4) is 0 Å². The average molecular weight is 283 g/mol. The Morgan fingerprint density at radius 3 is 2.81 bits per heavy atom. The van der Waals surface area contributed by atoms with E-state index in [1.807, 2.05) is 35.0 Å². The van der Waals surface area contributed by atoms with Crippen LogP contribution in [0, 0.1) is 0 Å². The number of hydrogen-bond donors (Lipinski definition) is 1. The van der Waals surface area contributed by atoms with Gasteiger partial charge in [-0.05, 0) is 24.3 Å².